The molecule has 118 valence electrons. The summed E-state index contributed by atoms with van der Waals surface area (Å²) < 4.78 is 42.7. The van der Waals surface area contributed by atoms with Crippen molar-refractivity contribution in [2.75, 3.05) is 25.1 Å². The third-order valence-corrected chi connectivity index (χ3v) is 3.87. The van der Waals surface area contributed by atoms with Gasteiger partial charge in [-0.2, -0.15) is 13.2 Å². The van der Waals surface area contributed by atoms with Crippen LogP contribution >= 0.6 is 15.9 Å². The molecule has 0 radical (unpaired) electrons. The third kappa shape index (κ3) is 6.43. The number of carbonyl (C=O) groups excluding carboxylic acids is 1. The van der Waals surface area contributed by atoms with Gasteiger partial charge in [-0.15, -0.1) is 0 Å². The van der Waals surface area contributed by atoms with E-state index in [1.165, 1.54) is 0 Å². The number of nitrogens with one attached hydrogen (secondary N) is 1. The average molecular weight is 360 g/mol. The summed E-state index contributed by atoms with van der Waals surface area (Å²) in [4.78, 5) is 11.8. The van der Waals surface area contributed by atoms with Crippen LogP contribution in [0.25, 0.3) is 0 Å². The molecule has 0 spiro atoms. The molecule has 1 aliphatic carbocycles. The van der Waals surface area contributed by atoms with Gasteiger partial charge in [0, 0.05) is 24.4 Å². The summed E-state index contributed by atoms with van der Waals surface area (Å²) in [5, 5.41) is 3.55. The molecule has 0 aromatic carbocycles. The molecule has 0 heterocycles. The van der Waals surface area contributed by atoms with E-state index < -0.39 is 12.1 Å². The van der Waals surface area contributed by atoms with Crippen molar-refractivity contribution in [2.45, 2.75) is 38.3 Å². The standard InChI is InChI=1S/C13H21BrF3NO2/c14-6-9-20-8-1-7-18-12(19)10-2-4-11(5-3-10)13(15,16)17/h10-11H,1-9H2,(H,18,19). The predicted molar refractivity (Wildman–Crippen MR) is 73.7 cm³/mol. The second-order valence-corrected chi connectivity index (χ2v) is 5.83. The lowest BCUT2D eigenvalue weighted by molar-refractivity contribution is -0.184. The van der Waals surface area contributed by atoms with E-state index in [-0.39, 0.29) is 24.7 Å². The number of carbonyl (C=O) groups is 1. The van der Waals surface area contributed by atoms with Gasteiger partial charge in [-0.25, -0.2) is 0 Å². The Morgan fingerprint density at radius 1 is 1.20 bits per heavy atom. The minimum atomic E-state index is -4.12. The number of ether oxygens (including phenoxy) is 1. The van der Waals surface area contributed by atoms with Gasteiger partial charge in [-0.05, 0) is 32.1 Å². The summed E-state index contributed by atoms with van der Waals surface area (Å²) in [6.07, 6.45) is -2.61. The van der Waals surface area contributed by atoms with Gasteiger partial charge in [-0.1, -0.05) is 15.9 Å². The molecule has 0 unspecified atom stereocenters. The van der Waals surface area contributed by atoms with E-state index in [0.29, 0.717) is 32.6 Å². The third-order valence-electron chi connectivity index (χ3n) is 3.55. The fourth-order valence-electron chi connectivity index (χ4n) is 2.37. The van der Waals surface area contributed by atoms with Crippen molar-refractivity contribution in [1.82, 2.24) is 5.32 Å². The minimum Gasteiger partial charge on any atom is -0.381 e. The van der Waals surface area contributed by atoms with E-state index in [1.807, 2.05) is 0 Å². The van der Waals surface area contributed by atoms with E-state index in [2.05, 4.69) is 21.2 Å². The summed E-state index contributed by atoms with van der Waals surface area (Å²) in [6.45, 7) is 1.72. The molecule has 0 atom stereocenters. The molecule has 1 aliphatic rings. The fourth-order valence-corrected chi connectivity index (χ4v) is 2.60. The zero-order valence-electron chi connectivity index (χ0n) is 11.3. The summed E-state index contributed by atoms with van der Waals surface area (Å²) >= 11 is 3.24. The lowest BCUT2D eigenvalue weighted by Crippen LogP contribution is -2.36. The molecule has 0 bridgehead atoms. The smallest absolute Gasteiger partial charge is 0.381 e. The van der Waals surface area contributed by atoms with Crippen LogP contribution in [0.2, 0.25) is 0 Å². The molecule has 0 saturated heterocycles. The van der Waals surface area contributed by atoms with E-state index in [1.54, 1.807) is 0 Å². The predicted octanol–water partition coefficient (Wildman–Crippen LogP) is 3.27. The van der Waals surface area contributed by atoms with Crippen molar-refractivity contribution in [2.24, 2.45) is 11.8 Å². The van der Waals surface area contributed by atoms with Crippen LogP contribution in [0.15, 0.2) is 0 Å². The molecule has 3 nitrogen and oxygen atoms in total. The zero-order chi connectivity index (χ0) is 15.0. The van der Waals surface area contributed by atoms with E-state index >= 15 is 0 Å². The van der Waals surface area contributed by atoms with Gasteiger partial charge in [0.1, 0.15) is 0 Å². The molecule has 7 heteroatoms. The highest BCUT2D eigenvalue weighted by molar-refractivity contribution is 9.09. The second-order valence-electron chi connectivity index (χ2n) is 5.04. The molecule has 20 heavy (non-hydrogen) atoms. The zero-order valence-corrected chi connectivity index (χ0v) is 12.9. The topological polar surface area (TPSA) is 38.3 Å². The van der Waals surface area contributed by atoms with Crippen LogP contribution < -0.4 is 5.32 Å². The van der Waals surface area contributed by atoms with Gasteiger partial charge in [-0.3, -0.25) is 4.79 Å². The molecule has 1 saturated carbocycles. The van der Waals surface area contributed by atoms with Gasteiger partial charge in [0.15, 0.2) is 0 Å². The Labute approximate surface area is 125 Å². The highest BCUT2D eigenvalue weighted by Gasteiger charge is 2.42. The van der Waals surface area contributed by atoms with Crippen molar-refractivity contribution in [1.29, 1.82) is 0 Å². The largest absolute Gasteiger partial charge is 0.391 e. The van der Waals surface area contributed by atoms with Crippen LogP contribution in [0.4, 0.5) is 13.2 Å². The molecule has 0 aromatic rings. The monoisotopic (exact) mass is 359 g/mol. The van der Waals surface area contributed by atoms with Crippen molar-refractivity contribution in [3.05, 3.63) is 0 Å². The summed E-state index contributed by atoms with van der Waals surface area (Å²) in [7, 11) is 0. The van der Waals surface area contributed by atoms with Crippen LogP contribution in [-0.4, -0.2) is 37.2 Å². The highest BCUT2D eigenvalue weighted by atomic mass is 79.9. The maximum absolute atomic E-state index is 12.5. The lowest BCUT2D eigenvalue weighted by Gasteiger charge is -2.29. The van der Waals surface area contributed by atoms with E-state index in [4.69, 9.17) is 4.74 Å². The fraction of sp³-hybridized carbons (Fsp3) is 0.923. The first-order valence-electron chi connectivity index (χ1n) is 6.93. The molecule has 1 N–H and O–H groups in total. The van der Waals surface area contributed by atoms with Crippen LogP contribution in [0.3, 0.4) is 0 Å². The van der Waals surface area contributed by atoms with Crippen molar-refractivity contribution in [3.8, 4) is 0 Å². The summed E-state index contributed by atoms with van der Waals surface area (Å²) in [5.41, 5.74) is 0. The van der Waals surface area contributed by atoms with E-state index in [0.717, 1.165) is 11.8 Å². The number of halogens is 4. The first-order valence-corrected chi connectivity index (χ1v) is 8.05. The number of hydrogen-bond donors (Lipinski definition) is 1. The Morgan fingerprint density at radius 2 is 1.85 bits per heavy atom. The molecular formula is C13H21BrF3NO2. The highest BCUT2D eigenvalue weighted by Crippen LogP contribution is 2.39. The Balaban J connectivity index is 2.13. The van der Waals surface area contributed by atoms with Gasteiger partial charge in [0.2, 0.25) is 5.91 Å². The van der Waals surface area contributed by atoms with Crippen molar-refractivity contribution < 1.29 is 22.7 Å². The maximum Gasteiger partial charge on any atom is 0.391 e. The van der Waals surface area contributed by atoms with Crippen molar-refractivity contribution >= 4 is 21.8 Å². The van der Waals surface area contributed by atoms with Crippen LogP contribution in [-0.2, 0) is 9.53 Å². The molecule has 1 fully saturated rings. The molecule has 1 amide bonds. The quantitative estimate of drug-likeness (QED) is 0.559. The Morgan fingerprint density at radius 3 is 2.40 bits per heavy atom. The number of hydrogen-bond acceptors (Lipinski definition) is 2. The van der Waals surface area contributed by atoms with Crippen molar-refractivity contribution in [3.63, 3.8) is 0 Å². The van der Waals surface area contributed by atoms with Gasteiger partial charge >= 0.3 is 6.18 Å². The molecular weight excluding hydrogens is 339 g/mol. The summed E-state index contributed by atoms with van der Waals surface area (Å²) in [6, 6.07) is 0. The van der Waals surface area contributed by atoms with Gasteiger partial charge in [0.05, 0.1) is 12.5 Å². The number of rotatable bonds is 7. The van der Waals surface area contributed by atoms with Crippen LogP contribution in [0.5, 0.6) is 0 Å². The SMILES string of the molecule is O=C(NCCCOCCBr)C1CCC(C(F)(F)F)CC1. The number of alkyl halides is 4. The Kier molecular flexibility index (Phi) is 7.87. The van der Waals surface area contributed by atoms with Crippen LogP contribution in [0.1, 0.15) is 32.1 Å². The Bertz CT molecular complexity index is 292. The van der Waals surface area contributed by atoms with Gasteiger partial charge in [0.25, 0.3) is 0 Å². The maximum atomic E-state index is 12.5. The normalized spacial score (nSPS) is 23.6. The molecule has 0 aromatic heterocycles. The second kappa shape index (κ2) is 8.87. The first kappa shape index (κ1) is 17.8. The molecule has 1 rings (SSSR count). The first-order chi connectivity index (χ1) is 9.45. The van der Waals surface area contributed by atoms with Crippen LogP contribution in [0, 0.1) is 11.8 Å². The van der Waals surface area contributed by atoms with E-state index in [9.17, 15) is 18.0 Å². The lowest BCUT2D eigenvalue weighted by atomic mass is 9.81. The molecule has 0 aliphatic heterocycles. The number of amides is 1. The Hall–Kier alpha value is -0.300. The van der Waals surface area contributed by atoms with Gasteiger partial charge < -0.3 is 10.1 Å². The summed E-state index contributed by atoms with van der Waals surface area (Å²) in [5.74, 6) is -1.62. The average Bonchev–Trinajstić information content (AvgIpc) is 2.41. The minimum absolute atomic E-state index is 0.0654.